The van der Waals surface area contributed by atoms with E-state index in [1.54, 1.807) is 12.4 Å². The second kappa shape index (κ2) is 5.58. The lowest BCUT2D eigenvalue weighted by atomic mass is 9.93. The van der Waals surface area contributed by atoms with E-state index in [1.165, 1.54) is 0 Å². The number of nitrogens with zero attached hydrogens (tertiary/aromatic N) is 3. The van der Waals surface area contributed by atoms with Crippen LogP contribution >= 0.6 is 0 Å². The smallest absolute Gasteiger partial charge is 0.225 e. The highest BCUT2D eigenvalue weighted by Gasteiger charge is 2.37. The molecule has 2 heterocycles. The van der Waals surface area contributed by atoms with Gasteiger partial charge in [0.1, 0.15) is 5.67 Å². The Balaban J connectivity index is 1.51. The Morgan fingerprint density at radius 3 is 2.57 bits per heavy atom. The van der Waals surface area contributed by atoms with Crippen LogP contribution in [0.15, 0.2) is 12.4 Å². The average Bonchev–Trinajstić information content (AvgIpc) is 3.32. The van der Waals surface area contributed by atoms with Gasteiger partial charge in [0, 0.05) is 44.2 Å². The number of aromatic nitrogens is 2. The molecule has 1 aliphatic heterocycles. The molecule has 0 unspecified atom stereocenters. The molecular formula is C15H21FN4O. The van der Waals surface area contributed by atoms with E-state index >= 15 is 0 Å². The molecule has 114 valence electrons. The molecule has 0 atom stereocenters. The third-order valence-electron chi connectivity index (χ3n) is 4.24. The largest absolute Gasteiger partial charge is 0.353 e. The van der Waals surface area contributed by atoms with Crippen LogP contribution in [-0.2, 0) is 4.79 Å². The number of alkyl halides is 1. The maximum Gasteiger partial charge on any atom is 0.225 e. The van der Waals surface area contributed by atoms with Gasteiger partial charge in [0.2, 0.25) is 11.9 Å². The SMILES string of the molecule is Cc1cnc(N2CCC(F)(CNC(=O)C3CC3)CC2)nc1. The molecule has 3 rings (SSSR count). The molecule has 0 aromatic carbocycles. The number of hydrogen-bond donors (Lipinski definition) is 1. The van der Waals surface area contributed by atoms with Gasteiger partial charge < -0.3 is 10.2 Å². The van der Waals surface area contributed by atoms with Crippen molar-refractivity contribution in [3.05, 3.63) is 18.0 Å². The van der Waals surface area contributed by atoms with Gasteiger partial charge in [-0.1, -0.05) is 0 Å². The van der Waals surface area contributed by atoms with Crippen molar-refractivity contribution in [1.29, 1.82) is 0 Å². The first-order valence-corrected chi connectivity index (χ1v) is 7.56. The van der Waals surface area contributed by atoms with Gasteiger partial charge in [-0.05, 0) is 25.3 Å². The molecular weight excluding hydrogens is 271 g/mol. The molecule has 21 heavy (non-hydrogen) atoms. The summed E-state index contributed by atoms with van der Waals surface area (Å²) in [6.07, 6.45) is 6.24. The summed E-state index contributed by atoms with van der Waals surface area (Å²) in [5.41, 5.74) is -0.287. The highest BCUT2D eigenvalue weighted by Crippen LogP contribution is 2.30. The van der Waals surface area contributed by atoms with Crippen LogP contribution < -0.4 is 10.2 Å². The van der Waals surface area contributed by atoms with E-state index in [9.17, 15) is 9.18 Å². The Morgan fingerprint density at radius 2 is 2.00 bits per heavy atom. The second-order valence-corrected chi connectivity index (χ2v) is 6.19. The molecule has 2 aliphatic rings. The predicted molar refractivity (Wildman–Crippen MR) is 77.8 cm³/mol. The summed E-state index contributed by atoms with van der Waals surface area (Å²) in [6, 6.07) is 0. The molecule has 1 amide bonds. The molecule has 1 saturated heterocycles. The summed E-state index contributed by atoms with van der Waals surface area (Å²) in [5.74, 6) is 0.802. The Bertz CT molecular complexity index is 507. The minimum atomic E-state index is -1.30. The lowest BCUT2D eigenvalue weighted by Gasteiger charge is -2.36. The molecule has 0 radical (unpaired) electrons. The van der Waals surface area contributed by atoms with Gasteiger partial charge >= 0.3 is 0 Å². The zero-order chi connectivity index (χ0) is 14.9. The van der Waals surface area contributed by atoms with Crippen LogP contribution in [0.4, 0.5) is 10.3 Å². The van der Waals surface area contributed by atoms with Crippen molar-refractivity contribution in [2.75, 3.05) is 24.5 Å². The Labute approximate surface area is 124 Å². The molecule has 1 aromatic rings. The fraction of sp³-hybridized carbons (Fsp3) is 0.667. The van der Waals surface area contributed by atoms with Crippen molar-refractivity contribution < 1.29 is 9.18 Å². The molecule has 0 spiro atoms. The molecule has 1 aliphatic carbocycles. The highest BCUT2D eigenvalue weighted by molar-refractivity contribution is 5.80. The summed E-state index contributed by atoms with van der Waals surface area (Å²) in [4.78, 5) is 22.2. The van der Waals surface area contributed by atoms with E-state index in [-0.39, 0.29) is 18.4 Å². The van der Waals surface area contributed by atoms with Gasteiger partial charge in [-0.2, -0.15) is 0 Å². The molecule has 2 fully saturated rings. The van der Waals surface area contributed by atoms with E-state index < -0.39 is 5.67 Å². The number of carbonyl (C=O) groups excluding carboxylic acids is 1. The summed E-state index contributed by atoms with van der Waals surface area (Å²) < 4.78 is 14.7. The van der Waals surface area contributed by atoms with Crippen LogP contribution in [-0.4, -0.2) is 41.2 Å². The maximum absolute atomic E-state index is 14.7. The number of carbonyl (C=O) groups is 1. The molecule has 5 nitrogen and oxygen atoms in total. The van der Waals surface area contributed by atoms with E-state index in [1.807, 2.05) is 11.8 Å². The zero-order valence-corrected chi connectivity index (χ0v) is 12.3. The number of halogens is 1. The van der Waals surface area contributed by atoms with E-state index in [0.717, 1.165) is 18.4 Å². The van der Waals surface area contributed by atoms with Gasteiger partial charge in [0.25, 0.3) is 0 Å². The number of nitrogens with one attached hydrogen (secondary N) is 1. The topological polar surface area (TPSA) is 58.1 Å². The summed E-state index contributed by atoms with van der Waals surface area (Å²) in [5, 5.41) is 2.75. The van der Waals surface area contributed by atoms with Gasteiger partial charge in [-0.15, -0.1) is 0 Å². The van der Waals surface area contributed by atoms with Gasteiger partial charge in [-0.25, -0.2) is 14.4 Å². The lowest BCUT2D eigenvalue weighted by Crippen LogP contribution is -2.48. The van der Waals surface area contributed by atoms with Crippen LogP contribution in [0.5, 0.6) is 0 Å². The van der Waals surface area contributed by atoms with Crippen LogP contribution in [0.3, 0.4) is 0 Å². The quantitative estimate of drug-likeness (QED) is 0.916. The number of amides is 1. The second-order valence-electron chi connectivity index (χ2n) is 6.19. The van der Waals surface area contributed by atoms with Crippen LogP contribution in [0.25, 0.3) is 0 Å². The first-order chi connectivity index (χ1) is 10.1. The fourth-order valence-electron chi connectivity index (χ4n) is 2.57. The molecule has 0 bridgehead atoms. The first-order valence-electron chi connectivity index (χ1n) is 7.56. The summed E-state index contributed by atoms with van der Waals surface area (Å²) >= 11 is 0. The minimum absolute atomic E-state index is 0.0105. The predicted octanol–water partition coefficient (Wildman–Crippen LogP) is 1.62. The van der Waals surface area contributed by atoms with Gasteiger partial charge in [0.05, 0.1) is 6.54 Å². The number of aryl methyl sites for hydroxylation is 1. The average molecular weight is 292 g/mol. The fourth-order valence-corrected chi connectivity index (χ4v) is 2.57. The van der Waals surface area contributed by atoms with E-state index in [2.05, 4.69) is 15.3 Å². The van der Waals surface area contributed by atoms with Crippen LogP contribution in [0.1, 0.15) is 31.2 Å². The van der Waals surface area contributed by atoms with Crippen molar-refractivity contribution in [3.8, 4) is 0 Å². The normalized spacial score (nSPS) is 21.1. The lowest BCUT2D eigenvalue weighted by molar-refractivity contribution is -0.123. The highest BCUT2D eigenvalue weighted by atomic mass is 19.1. The van der Waals surface area contributed by atoms with Crippen molar-refractivity contribution in [2.24, 2.45) is 5.92 Å². The molecule has 6 heteroatoms. The first kappa shape index (κ1) is 14.2. The van der Waals surface area contributed by atoms with Crippen LogP contribution in [0, 0.1) is 12.8 Å². The van der Waals surface area contributed by atoms with Crippen molar-refractivity contribution >= 4 is 11.9 Å². The molecule has 1 N–H and O–H groups in total. The minimum Gasteiger partial charge on any atom is -0.353 e. The van der Waals surface area contributed by atoms with E-state index in [4.69, 9.17) is 0 Å². The van der Waals surface area contributed by atoms with Crippen molar-refractivity contribution in [1.82, 2.24) is 15.3 Å². The third-order valence-corrected chi connectivity index (χ3v) is 4.24. The van der Waals surface area contributed by atoms with Crippen molar-refractivity contribution in [2.45, 2.75) is 38.3 Å². The summed E-state index contributed by atoms with van der Waals surface area (Å²) in [7, 11) is 0. The number of rotatable bonds is 4. The zero-order valence-electron chi connectivity index (χ0n) is 12.3. The Hall–Kier alpha value is -1.72. The Morgan fingerprint density at radius 1 is 1.38 bits per heavy atom. The van der Waals surface area contributed by atoms with Gasteiger partial charge in [-0.3, -0.25) is 4.79 Å². The van der Waals surface area contributed by atoms with Crippen molar-refractivity contribution in [3.63, 3.8) is 0 Å². The van der Waals surface area contributed by atoms with Gasteiger partial charge in [0.15, 0.2) is 0 Å². The molecule has 1 aromatic heterocycles. The number of anilines is 1. The van der Waals surface area contributed by atoms with Crippen LogP contribution in [0.2, 0.25) is 0 Å². The maximum atomic E-state index is 14.7. The monoisotopic (exact) mass is 292 g/mol. The van der Waals surface area contributed by atoms with E-state index in [0.29, 0.717) is 31.9 Å². The number of piperidine rings is 1. The standard InChI is InChI=1S/C15H21FN4O/c1-11-8-17-14(18-9-11)20-6-4-15(16,5-7-20)10-19-13(21)12-2-3-12/h8-9,12H,2-7,10H2,1H3,(H,19,21). The number of hydrogen-bond acceptors (Lipinski definition) is 4. The summed E-state index contributed by atoms with van der Waals surface area (Å²) in [6.45, 7) is 3.23. The Kier molecular flexibility index (Phi) is 3.78. The molecule has 1 saturated carbocycles. The third kappa shape index (κ3) is 3.49.